The fraction of sp³-hybridized carbons (Fsp3) is 0.844. The second-order valence-electron chi connectivity index (χ2n) is 13.1. The molecule has 0 saturated heterocycles. The maximum Gasteiger partial charge on any atom is 0.304 e. The third-order valence-electron chi connectivity index (χ3n) is 10.2. The number of hydrogen-bond acceptors (Lipinski definition) is 4. The molecule has 0 aliphatic heterocycles. The van der Waals surface area contributed by atoms with Gasteiger partial charge in [-0.15, -0.1) is 0 Å². The van der Waals surface area contributed by atoms with E-state index in [9.17, 15) is 9.90 Å². The Hall–Kier alpha value is -1.13. The highest BCUT2D eigenvalue weighted by Crippen LogP contribution is 2.65. The van der Waals surface area contributed by atoms with E-state index in [1.54, 1.807) is 11.1 Å². The molecule has 0 amide bonds. The van der Waals surface area contributed by atoms with E-state index < -0.39 is 5.60 Å². The van der Waals surface area contributed by atoms with Crippen LogP contribution in [0.3, 0.4) is 0 Å². The summed E-state index contributed by atoms with van der Waals surface area (Å²) in [5, 5.41) is 10.1. The first-order valence-electron chi connectivity index (χ1n) is 14.8. The first-order valence-corrected chi connectivity index (χ1v) is 14.8. The molecule has 4 heteroatoms. The number of fused-ring (bicyclic) bond motifs is 5. The lowest BCUT2D eigenvalue weighted by atomic mass is 9.49. The maximum absolute atomic E-state index is 11.2. The molecule has 36 heavy (non-hydrogen) atoms. The SMILES string of the molecule is CC.CC(=O)OCO[C@H]1CC2(C)C(=CC=C3C2CC[C@@]2(C)C3CC[C@@H]2CCCCC(C)(C)O)C[C@H]1C. The van der Waals surface area contributed by atoms with Gasteiger partial charge in [-0.2, -0.15) is 0 Å². The van der Waals surface area contributed by atoms with E-state index in [0.29, 0.717) is 23.2 Å². The maximum atomic E-state index is 11.2. The van der Waals surface area contributed by atoms with Gasteiger partial charge in [0.15, 0.2) is 6.79 Å². The fourth-order valence-electron chi connectivity index (χ4n) is 8.15. The van der Waals surface area contributed by atoms with E-state index in [0.717, 1.165) is 31.6 Å². The molecule has 4 rings (SSSR count). The first kappa shape index (κ1) is 29.4. The van der Waals surface area contributed by atoms with Gasteiger partial charge in [0, 0.05) is 6.92 Å². The molecule has 0 aromatic carbocycles. The molecule has 4 aliphatic rings. The lowest BCUT2D eigenvalue weighted by Gasteiger charge is -2.56. The number of hydrogen-bond donors (Lipinski definition) is 1. The number of ether oxygens (including phenoxy) is 2. The van der Waals surface area contributed by atoms with Crippen LogP contribution in [0, 0.1) is 34.5 Å². The van der Waals surface area contributed by atoms with Gasteiger partial charge in [-0.25, -0.2) is 0 Å². The Morgan fingerprint density at radius 3 is 2.50 bits per heavy atom. The number of allylic oxidation sites excluding steroid dienone is 4. The number of rotatable bonds is 8. The van der Waals surface area contributed by atoms with Gasteiger partial charge in [0.1, 0.15) is 0 Å². The summed E-state index contributed by atoms with van der Waals surface area (Å²) in [6, 6.07) is 0. The van der Waals surface area contributed by atoms with Crippen LogP contribution in [-0.4, -0.2) is 29.6 Å². The van der Waals surface area contributed by atoms with Crippen molar-refractivity contribution < 1.29 is 19.4 Å². The van der Waals surface area contributed by atoms with E-state index >= 15 is 0 Å². The minimum atomic E-state index is -0.538. The topological polar surface area (TPSA) is 55.8 Å². The number of carbonyl (C=O) groups excluding carboxylic acids is 1. The molecule has 1 N–H and O–H groups in total. The van der Waals surface area contributed by atoms with Crippen molar-refractivity contribution in [3.05, 3.63) is 23.3 Å². The van der Waals surface area contributed by atoms with Crippen molar-refractivity contribution in [2.45, 2.75) is 131 Å². The monoisotopic (exact) mass is 502 g/mol. The van der Waals surface area contributed by atoms with E-state index in [2.05, 4.69) is 32.9 Å². The summed E-state index contributed by atoms with van der Waals surface area (Å²) in [4.78, 5) is 11.2. The van der Waals surface area contributed by atoms with Crippen LogP contribution in [0.15, 0.2) is 23.3 Å². The smallest absolute Gasteiger partial charge is 0.304 e. The van der Waals surface area contributed by atoms with Crippen molar-refractivity contribution >= 4 is 5.97 Å². The Bertz CT molecular complexity index is 821. The van der Waals surface area contributed by atoms with Crippen molar-refractivity contribution in [2.75, 3.05) is 6.79 Å². The quantitative estimate of drug-likeness (QED) is 0.207. The van der Waals surface area contributed by atoms with Crippen molar-refractivity contribution in [3.8, 4) is 0 Å². The van der Waals surface area contributed by atoms with E-state index in [1.807, 2.05) is 27.7 Å². The molecule has 3 fully saturated rings. The Balaban J connectivity index is 0.00000176. The average molecular weight is 503 g/mol. The summed E-state index contributed by atoms with van der Waals surface area (Å²) in [6.45, 7) is 16.7. The number of esters is 1. The van der Waals surface area contributed by atoms with Crippen molar-refractivity contribution in [1.82, 2.24) is 0 Å². The molecule has 0 radical (unpaired) electrons. The molecule has 3 unspecified atom stereocenters. The normalized spacial score (nSPS) is 37.4. The predicted octanol–water partition coefficient (Wildman–Crippen LogP) is 7.99. The third kappa shape index (κ3) is 6.12. The average Bonchev–Trinajstić information content (AvgIpc) is 3.14. The van der Waals surface area contributed by atoms with Gasteiger partial charge in [0.05, 0.1) is 11.7 Å². The van der Waals surface area contributed by atoms with Crippen LogP contribution < -0.4 is 0 Å². The molecular weight excluding hydrogens is 448 g/mol. The summed E-state index contributed by atoms with van der Waals surface area (Å²) in [6.07, 6.45) is 17.1. The summed E-state index contributed by atoms with van der Waals surface area (Å²) >= 11 is 0. The molecule has 7 atom stereocenters. The van der Waals surface area contributed by atoms with Crippen LogP contribution in [0.2, 0.25) is 0 Å². The molecule has 0 aromatic heterocycles. The lowest BCUT2D eigenvalue weighted by molar-refractivity contribution is -0.164. The predicted molar refractivity (Wildman–Crippen MR) is 147 cm³/mol. The number of unbranched alkanes of at least 4 members (excludes halogenated alkanes) is 1. The second-order valence-corrected chi connectivity index (χ2v) is 13.1. The zero-order valence-corrected chi connectivity index (χ0v) is 24.5. The van der Waals surface area contributed by atoms with Gasteiger partial charge >= 0.3 is 5.97 Å². The zero-order valence-electron chi connectivity index (χ0n) is 24.5. The number of aliphatic hydroxyl groups is 1. The Labute approximate surface area is 221 Å². The fourth-order valence-corrected chi connectivity index (χ4v) is 8.15. The van der Waals surface area contributed by atoms with Crippen molar-refractivity contribution in [2.24, 2.45) is 34.5 Å². The van der Waals surface area contributed by atoms with Gasteiger partial charge in [0.2, 0.25) is 0 Å². The van der Waals surface area contributed by atoms with E-state index in [-0.39, 0.29) is 24.3 Å². The molecular formula is C32H54O4. The zero-order chi connectivity index (χ0) is 26.7. The van der Waals surface area contributed by atoms with Crippen LogP contribution in [0.4, 0.5) is 0 Å². The Morgan fingerprint density at radius 2 is 1.83 bits per heavy atom. The largest absolute Gasteiger partial charge is 0.439 e. The summed E-state index contributed by atoms with van der Waals surface area (Å²) < 4.78 is 11.2. The lowest BCUT2D eigenvalue weighted by Crippen LogP contribution is -2.48. The van der Waals surface area contributed by atoms with Crippen LogP contribution in [0.5, 0.6) is 0 Å². The molecule has 3 saturated carbocycles. The van der Waals surface area contributed by atoms with Crippen LogP contribution in [0.25, 0.3) is 0 Å². The summed E-state index contributed by atoms with van der Waals surface area (Å²) in [5.41, 5.74) is 3.36. The molecule has 4 nitrogen and oxygen atoms in total. The highest BCUT2D eigenvalue weighted by molar-refractivity contribution is 5.65. The van der Waals surface area contributed by atoms with Gasteiger partial charge in [-0.3, -0.25) is 4.79 Å². The minimum Gasteiger partial charge on any atom is -0.439 e. The molecule has 206 valence electrons. The van der Waals surface area contributed by atoms with Gasteiger partial charge < -0.3 is 14.6 Å². The summed E-state index contributed by atoms with van der Waals surface area (Å²) in [5.74, 6) is 2.30. The van der Waals surface area contributed by atoms with Crippen molar-refractivity contribution in [3.63, 3.8) is 0 Å². The summed E-state index contributed by atoms with van der Waals surface area (Å²) in [7, 11) is 0. The van der Waals surface area contributed by atoms with Gasteiger partial charge in [0.25, 0.3) is 0 Å². The third-order valence-corrected chi connectivity index (χ3v) is 10.2. The highest BCUT2D eigenvalue weighted by atomic mass is 16.7. The highest BCUT2D eigenvalue weighted by Gasteiger charge is 2.56. The van der Waals surface area contributed by atoms with Crippen molar-refractivity contribution in [1.29, 1.82) is 0 Å². The standard InChI is InChI=1S/C30H48O4.C2H6/c1-20-17-23-10-12-24-25-13-11-22(9-7-8-15-28(3,4)32)29(25,5)16-14-26(24)30(23,6)18-27(20)34-19-33-21(2)31;1-2/h10,12,20,22,25-27,32H,7-9,11,13-19H2,1-6H3;1-2H3/t20-,22+,25?,26?,27+,29-,30?;/m1./s1. The molecule has 0 heterocycles. The number of carbonyl (C=O) groups is 1. The first-order chi connectivity index (χ1) is 16.9. The second kappa shape index (κ2) is 11.7. The van der Waals surface area contributed by atoms with Gasteiger partial charge in [-0.05, 0) is 99.7 Å². The molecule has 4 aliphatic carbocycles. The van der Waals surface area contributed by atoms with Gasteiger partial charge in [-0.1, -0.05) is 70.8 Å². The molecule has 0 bridgehead atoms. The van der Waals surface area contributed by atoms with Crippen LogP contribution >= 0.6 is 0 Å². The van der Waals surface area contributed by atoms with E-state index in [1.165, 1.54) is 45.4 Å². The van der Waals surface area contributed by atoms with E-state index in [4.69, 9.17) is 9.47 Å². The van der Waals surface area contributed by atoms with Crippen LogP contribution in [-0.2, 0) is 14.3 Å². The Kier molecular flexibility index (Phi) is 9.58. The minimum absolute atomic E-state index is 0.0721. The molecule has 0 spiro atoms. The van der Waals surface area contributed by atoms with Crippen LogP contribution in [0.1, 0.15) is 120 Å². The Morgan fingerprint density at radius 1 is 1.11 bits per heavy atom. The molecule has 0 aromatic rings.